The summed E-state index contributed by atoms with van der Waals surface area (Å²) in [6, 6.07) is 10.1. The van der Waals surface area contributed by atoms with E-state index in [-0.39, 0.29) is 14.2 Å². The number of nitrogens with one attached hydrogen (secondary N) is 1. The molecule has 2 aliphatic rings. The summed E-state index contributed by atoms with van der Waals surface area (Å²) >= 11 is 0. The van der Waals surface area contributed by atoms with E-state index in [1.165, 1.54) is 35.9 Å². The van der Waals surface area contributed by atoms with Crippen LogP contribution in [0, 0.1) is 0 Å². The average Bonchev–Trinajstić information content (AvgIpc) is 3.19. The number of ether oxygens (including phenoxy) is 2. The molecule has 0 amide bonds. The maximum absolute atomic E-state index is 5.43. The number of benzene rings is 1. The minimum Gasteiger partial charge on any atom is -0.454 e. The molecule has 0 fully saturated rings. The first-order valence-electron chi connectivity index (χ1n) is 8.43. The van der Waals surface area contributed by atoms with E-state index in [1.807, 2.05) is 18.2 Å². The average molecular weight is 337 g/mol. The highest BCUT2D eigenvalue weighted by Crippen LogP contribution is 2.36. The van der Waals surface area contributed by atoms with Gasteiger partial charge in [0.1, 0.15) is 11.5 Å². The Morgan fingerprint density at radius 1 is 1.04 bits per heavy atom. The SMILES string of the molecule is C.Cn1c2c(c3ccc(Nc4ccc5c(c4)OCO5)nc31)CCCC2. The second-order valence-corrected chi connectivity index (χ2v) is 6.45. The van der Waals surface area contributed by atoms with Crippen molar-refractivity contribution >= 4 is 22.5 Å². The Balaban J connectivity index is 0.00000157. The molecule has 1 aliphatic carbocycles. The summed E-state index contributed by atoms with van der Waals surface area (Å²) in [6.07, 6.45) is 4.89. The lowest BCUT2D eigenvalue weighted by Gasteiger charge is -2.12. The molecule has 5 nitrogen and oxygen atoms in total. The zero-order chi connectivity index (χ0) is 16.1. The maximum Gasteiger partial charge on any atom is 0.231 e. The number of pyridine rings is 1. The number of hydrogen-bond donors (Lipinski definition) is 1. The molecule has 25 heavy (non-hydrogen) atoms. The predicted molar refractivity (Wildman–Crippen MR) is 99.9 cm³/mol. The summed E-state index contributed by atoms with van der Waals surface area (Å²) in [5, 5.41) is 4.67. The van der Waals surface area contributed by atoms with Gasteiger partial charge in [-0.15, -0.1) is 0 Å². The van der Waals surface area contributed by atoms with Crippen LogP contribution < -0.4 is 14.8 Å². The van der Waals surface area contributed by atoms with Crippen molar-refractivity contribution in [3.8, 4) is 11.5 Å². The number of rotatable bonds is 2. The lowest BCUT2D eigenvalue weighted by Crippen LogP contribution is -2.05. The third-order valence-electron chi connectivity index (χ3n) is 5.01. The molecule has 1 N–H and O–H groups in total. The van der Waals surface area contributed by atoms with Crippen LogP contribution in [0.2, 0.25) is 0 Å². The zero-order valence-corrected chi connectivity index (χ0v) is 13.6. The van der Waals surface area contributed by atoms with Gasteiger partial charge in [0.25, 0.3) is 0 Å². The van der Waals surface area contributed by atoms with Crippen molar-refractivity contribution in [1.29, 1.82) is 0 Å². The van der Waals surface area contributed by atoms with Gasteiger partial charge >= 0.3 is 0 Å². The summed E-state index contributed by atoms with van der Waals surface area (Å²) in [4.78, 5) is 4.85. The second kappa shape index (κ2) is 5.99. The molecule has 1 aliphatic heterocycles. The van der Waals surface area contributed by atoms with Crippen LogP contribution in [0.1, 0.15) is 31.5 Å². The van der Waals surface area contributed by atoms with Crippen LogP contribution in [0.15, 0.2) is 30.3 Å². The van der Waals surface area contributed by atoms with Gasteiger partial charge in [0, 0.05) is 29.9 Å². The van der Waals surface area contributed by atoms with Crippen LogP contribution in [0.4, 0.5) is 11.5 Å². The van der Waals surface area contributed by atoms with Crippen molar-refractivity contribution in [3.63, 3.8) is 0 Å². The molecule has 0 saturated heterocycles. The smallest absolute Gasteiger partial charge is 0.231 e. The van der Waals surface area contributed by atoms with E-state index in [0.29, 0.717) is 0 Å². The molecule has 3 heterocycles. The van der Waals surface area contributed by atoms with Crippen LogP contribution in [0.3, 0.4) is 0 Å². The monoisotopic (exact) mass is 337 g/mol. The van der Waals surface area contributed by atoms with E-state index in [4.69, 9.17) is 14.5 Å². The maximum atomic E-state index is 5.43. The molecule has 1 aromatic carbocycles. The van der Waals surface area contributed by atoms with Gasteiger partial charge in [-0.3, -0.25) is 0 Å². The molecule has 0 spiro atoms. The largest absolute Gasteiger partial charge is 0.454 e. The third kappa shape index (κ3) is 2.51. The molecular formula is C20H23N3O2. The summed E-state index contributed by atoms with van der Waals surface area (Å²) < 4.78 is 13.0. The summed E-state index contributed by atoms with van der Waals surface area (Å²) in [6.45, 7) is 0.290. The minimum absolute atomic E-state index is 0. The van der Waals surface area contributed by atoms with E-state index < -0.39 is 0 Å². The highest BCUT2D eigenvalue weighted by atomic mass is 16.7. The van der Waals surface area contributed by atoms with Crippen molar-refractivity contribution in [2.24, 2.45) is 7.05 Å². The lowest BCUT2D eigenvalue weighted by atomic mass is 9.96. The van der Waals surface area contributed by atoms with Crippen molar-refractivity contribution in [2.75, 3.05) is 12.1 Å². The molecule has 5 rings (SSSR count). The first-order chi connectivity index (χ1) is 11.8. The first kappa shape index (κ1) is 15.8. The fraction of sp³-hybridized carbons (Fsp3) is 0.350. The minimum atomic E-state index is 0. The highest BCUT2D eigenvalue weighted by Gasteiger charge is 2.19. The van der Waals surface area contributed by atoms with Gasteiger partial charge in [-0.2, -0.15) is 0 Å². The Morgan fingerprint density at radius 2 is 1.88 bits per heavy atom. The van der Waals surface area contributed by atoms with E-state index in [2.05, 4.69) is 29.1 Å². The fourth-order valence-electron chi connectivity index (χ4n) is 3.81. The van der Waals surface area contributed by atoms with Crippen molar-refractivity contribution in [1.82, 2.24) is 9.55 Å². The zero-order valence-electron chi connectivity index (χ0n) is 13.6. The van der Waals surface area contributed by atoms with Crippen LogP contribution in [0.25, 0.3) is 11.0 Å². The number of aryl methyl sites for hydroxylation is 2. The standard InChI is InChI=1S/C19H19N3O2.CH4/c1-22-15-5-3-2-4-13(15)14-7-9-18(21-19(14)22)20-12-6-8-16-17(10-12)24-11-23-16;/h6-10H,2-5,11H2,1H3,(H,20,21);1H4. The van der Waals surface area contributed by atoms with Gasteiger partial charge in [0.2, 0.25) is 6.79 Å². The Labute approximate surface area is 147 Å². The molecule has 0 bridgehead atoms. The fourth-order valence-corrected chi connectivity index (χ4v) is 3.81. The van der Waals surface area contributed by atoms with Crippen molar-refractivity contribution in [2.45, 2.75) is 33.1 Å². The third-order valence-corrected chi connectivity index (χ3v) is 5.01. The van der Waals surface area contributed by atoms with Crippen molar-refractivity contribution in [3.05, 3.63) is 41.6 Å². The van der Waals surface area contributed by atoms with Gasteiger partial charge in [0.15, 0.2) is 11.5 Å². The van der Waals surface area contributed by atoms with Gasteiger partial charge in [-0.1, -0.05) is 7.43 Å². The molecule has 0 atom stereocenters. The van der Waals surface area contributed by atoms with Gasteiger partial charge in [-0.05, 0) is 55.5 Å². The van der Waals surface area contributed by atoms with E-state index in [0.717, 1.165) is 35.1 Å². The Kier molecular flexibility index (Phi) is 3.79. The molecule has 2 aromatic heterocycles. The number of nitrogens with zero attached hydrogens (tertiary/aromatic N) is 2. The number of anilines is 2. The van der Waals surface area contributed by atoms with Gasteiger partial charge < -0.3 is 19.4 Å². The Morgan fingerprint density at radius 3 is 2.80 bits per heavy atom. The Bertz CT molecular complexity index is 946. The van der Waals surface area contributed by atoms with Crippen LogP contribution in [0.5, 0.6) is 11.5 Å². The molecule has 5 heteroatoms. The molecule has 130 valence electrons. The Hall–Kier alpha value is -2.69. The summed E-state index contributed by atoms with van der Waals surface area (Å²) in [5.41, 5.74) is 4.95. The van der Waals surface area contributed by atoms with Gasteiger partial charge in [-0.25, -0.2) is 4.98 Å². The predicted octanol–water partition coefficient (Wildman–Crippen LogP) is 4.56. The number of hydrogen-bond acceptors (Lipinski definition) is 4. The van der Waals surface area contributed by atoms with Crippen LogP contribution in [-0.4, -0.2) is 16.3 Å². The van der Waals surface area contributed by atoms with E-state index in [1.54, 1.807) is 0 Å². The number of aromatic nitrogens is 2. The van der Waals surface area contributed by atoms with Gasteiger partial charge in [0.05, 0.1) is 0 Å². The molecule has 0 radical (unpaired) electrons. The summed E-state index contributed by atoms with van der Waals surface area (Å²) in [7, 11) is 2.13. The molecule has 3 aromatic rings. The van der Waals surface area contributed by atoms with E-state index in [9.17, 15) is 0 Å². The first-order valence-corrected chi connectivity index (χ1v) is 8.43. The normalized spacial score (nSPS) is 14.9. The molecule has 0 unspecified atom stereocenters. The quantitative estimate of drug-likeness (QED) is 0.745. The van der Waals surface area contributed by atoms with E-state index >= 15 is 0 Å². The number of fused-ring (bicyclic) bond motifs is 4. The topological polar surface area (TPSA) is 48.3 Å². The molecule has 0 saturated carbocycles. The van der Waals surface area contributed by atoms with Crippen molar-refractivity contribution < 1.29 is 9.47 Å². The van der Waals surface area contributed by atoms with Crippen LogP contribution >= 0.6 is 0 Å². The molecular weight excluding hydrogens is 314 g/mol. The second-order valence-electron chi connectivity index (χ2n) is 6.45. The van der Waals surface area contributed by atoms with Crippen LogP contribution in [-0.2, 0) is 19.9 Å². The lowest BCUT2D eigenvalue weighted by molar-refractivity contribution is 0.174. The highest BCUT2D eigenvalue weighted by molar-refractivity contribution is 5.84. The summed E-state index contributed by atoms with van der Waals surface area (Å²) in [5.74, 6) is 2.41.